The maximum atomic E-state index is 5.44. The van der Waals surface area contributed by atoms with Gasteiger partial charge in [-0.1, -0.05) is 36.4 Å². The van der Waals surface area contributed by atoms with Gasteiger partial charge in [0.05, 0.1) is 26.3 Å². The Bertz CT molecular complexity index is 526. The van der Waals surface area contributed by atoms with E-state index < -0.39 is 0 Å². The molecule has 0 unspecified atom stereocenters. The number of nitrogens with two attached hydrogens (primary N) is 1. The third-order valence-corrected chi connectivity index (χ3v) is 3.33. The van der Waals surface area contributed by atoms with E-state index >= 15 is 0 Å². The van der Waals surface area contributed by atoms with Crippen molar-refractivity contribution in [1.29, 1.82) is 0 Å². The zero-order chi connectivity index (χ0) is 14.2. The van der Waals surface area contributed by atoms with Crippen LogP contribution in [0.4, 0.5) is 0 Å². The highest BCUT2D eigenvalue weighted by atomic mass is 16.5. The van der Waals surface area contributed by atoms with Crippen LogP contribution in [0.25, 0.3) is 0 Å². The van der Waals surface area contributed by atoms with Crippen molar-refractivity contribution in [2.24, 2.45) is 0 Å². The average Bonchev–Trinajstić information content (AvgIpc) is 2.52. The Labute approximate surface area is 120 Å². The van der Waals surface area contributed by atoms with Gasteiger partial charge in [0.15, 0.2) is 11.5 Å². The third-order valence-electron chi connectivity index (χ3n) is 3.33. The minimum Gasteiger partial charge on any atom is -0.493 e. The van der Waals surface area contributed by atoms with Crippen molar-refractivity contribution >= 4 is 0 Å². The highest BCUT2D eigenvalue weighted by Gasteiger charge is 2.10. The molecule has 0 aliphatic carbocycles. The Morgan fingerprint density at radius 1 is 0.900 bits per heavy atom. The molecule has 0 heterocycles. The lowest BCUT2D eigenvalue weighted by atomic mass is 10.1. The summed E-state index contributed by atoms with van der Waals surface area (Å²) in [5, 5.41) is 2.30. The van der Waals surface area contributed by atoms with Crippen molar-refractivity contribution in [1.82, 2.24) is 0 Å². The first kappa shape index (κ1) is 14.4. The molecule has 106 valence electrons. The number of hydrogen-bond donors (Lipinski definition) is 1. The zero-order valence-electron chi connectivity index (χ0n) is 12.1. The SMILES string of the molecule is COc1cccc(C[NH2+]CCc2ccccc2)c1OC. The minimum atomic E-state index is 0.793. The highest BCUT2D eigenvalue weighted by Crippen LogP contribution is 2.29. The fourth-order valence-electron chi connectivity index (χ4n) is 2.29. The summed E-state index contributed by atoms with van der Waals surface area (Å²) in [4.78, 5) is 0. The number of benzene rings is 2. The largest absolute Gasteiger partial charge is 0.493 e. The van der Waals surface area contributed by atoms with E-state index in [4.69, 9.17) is 9.47 Å². The van der Waals surface area contributed by atoms with E-state index in [1.807, 2.05) is 18.2 Å². The van der Waals surface area contributed by atoms with Crippen molar-refractivity contribution < 1.29 is 14.8 Å². The van der Waals surface area contributed by atoms with E-state index in [2.05, 4.69) is 35.6 Å². The molecule has 0 fully saturated rings. The number of para-hydroxylation sites is 1. The summed E-state index contributed by atoms with van der Waals surface area (Å²) >= 11 is 0. The molecule has 0 aliphatic rings. The molecule has 2 N–H and O–H groups in total. The summed E-state index contributed by atoms with van der Waals surface area (Å²) in [5.74, 6) is 1.63. The first-order chi connectivity index (χ1) is 9.85. The lowest BCUT2D eigenvalue weighted by Gasteiger charge is -2.11. The second kappa shape index (κ2) is 7.56. The molecule has 0 spiro atoms. The first-order valence-corrected chi connectivity index (χ1v) is 6.90. The fraction of sp³-hybridized carbons (Fsp3) is 0.294. The van der Waals surface area contributed by atoms with Crippen molar-refractivity contribution in [3.63, 3.8) is 0 Å². The number of methoxy groups -OCH3 is 2. The van der Waals surface area contributed by atoms with Crippen molar-refractivity contribution in [2.75, 3.05) is 20.8 Å². The summed E-state index contributed by atoms with van der Waals surface area (Å²) in [6.07, 6.45) is 1.08. The molecule has 0 saturated carbocycles. The van der Waals surface area contributed by atoms with Crippen molar-refractivity contribution in [3.05, 3.63) is 59.7 Å². The van der Waals surface area contributed by atoms with E-state index in [0.29, 0.717) is 0 Å². The quantitative estimate of drug-likeness (QED) is 0.783. The normalized spacial score (nSPS) is 10.3. The fourth-order valence-corrected chi connectivity index (χ4v) is 2.29. The third kappa shape index (κ3) is 3.75. The van der Waals surface area contributed by atoms with Crippen LogP contribution in [0, 0.1) is 0 Å². The molecular formula is C17H22NO2+. The van der Waals surface area contributed by atoms with Crippen molar-refractivity contribution in [3.8, 4) is 11.5 Å². The molecule has 0 bridgehead atoms. The lowest BCUT2D eigenvalue weighted by molar-refractivity contribution is -0.670. The molecule has 2 rings (SSSR count). The second-order valence-corrected chi connectivity index (χ2v) is 4.67. The van der Waals surface area contributed by atoms with Gasteiger partial charge < -0.3 is 14.8 Å². The Balaban J connectivity index is 1.88. The van der Waals surface area contributed by atoms with E-state index in [1.54, 1.807) is 14.2 Å². The maximum absolute atomic E-state index is 5.44. The van der Waals surface area contributed by atoms with Gasteiger partial charge in [-0.15, -0.1) is 0 Å². The molecule has 0 aliphatic heterocycles. The summed E-state index contributed by atoms with van der Waals surface area (Å²) in [6, 6.07) is 16.6. The van der Waals surface area contributed by atoms with E-state index in [-0.39, 0.29) is 0 Å². The first-order valence-electron chi connectivity index (χ1n) is 6.90. The molecule has 2 aromatic rings. The van der Waals surface area contributed by atoms with E-state index in [9.17, 15) is 0 Å². The van der Waals surface area contributed by atoms with Gasteiger partial charge in [-0.25, -0.2) is 0 Å². The van der Waals surface area contributed by atoms with E-state index in [0.717, 1.165) is 31.0 Å². The van der Waals surface area contributed by atoms with Crippen LogP contribution in [0.5, 0.6) is 11.5 Å². The lowest BCUT2D eigenvalue weighted by Crippen LogP contribution is -2.83. The molecule has 0 radical (unpaired) electrons. The van der Waals surface area contributed by atoms with Crippen LogP contribution in [0.15, 0.2) is 48.5 Å². The van der Waals surface area contributed by atoms with E-state index in [1.165, 1.54) is 11.1 Å². The smallest absolute Gasteiger partial charge is 0.169 e. The standard InChI is InChI=1S/C17H21NO2/c1-19-16-10-6-9-15(17(16)20-2)13-18-12-11-14-7-4-3-5-8-14/h3-10,18H,11-13H2,1-2H3/p+1. The van der Waals surface area contributed by atoms with Gasteiger partial charge in [0.2, 0.25) is 0 Å². The molecule has 2 aromatic carbocycles. The topological polar surface area (TPSA) is 35.1 Å². The summed E-state index contributed by atoms with van der Waals surface area (Å²) in [6.45, 7) is 1.96. The van der Waals surface area contributed by atoms with Gasteiger partial charge in [0, 0.05) is 6.42 Å². The molecule has 0 amide bonds. The number of quaternary nitrogens is 1. The van der Waals surface area contributed by atoms with Crippen LogP contribution in [0.3, 0.4) is 0 Å². The van der Waals surface area contributed by atoms with Crippen LogP contribution in [-0.4, -0.2) is 20.8 Å². The Hall–Kier alpha value is -2.00. The molecule has 0 atom stereocenters. The molecule has 0 saturated heterocycles. The Kier molecular flexibility index (Phi) is 5.44. The van der Waals surface area contributed by atoms with Crippen LogP contribution in [0.2, 0.25) is 0 Å². The predicted molar refractivity (Wildman–Crippen MR) is 80.2 cm³/mol. The van der Waals surface area contributed by atoms with Gasteiger partial charge in [0.25, 0.3) is 0 Å². The van der Waals surface area contributed by atoms with Gasteiger partial charge in [-0.05, 0) is 17.7 Å². The number of rotatable bonds is 7. The average molecular weight is 272 g/mol. The Morgan fingerprint density at radius 3 is 2.40 bits per heavy atom. The van der Waals surface area contributed by atoms with Gasteiger partial charge in [-0.2, -0.15) is 0 Å². The molecular weight excluding hydrogens is 250 g/mol. The maximum Gasteiger partial charge on any atom is 0.169 e. The van der Waals surface area contributed by atoms with Crippen LogP contribution >= 0.6 is 0 Å². The van der Waals surface area contributed by atoms with Crippen molar-refractivity contribution in [2.45, 2.75) is 13.0 Å². The molecule has 3 nitrogen and oxygen atoms in total. The highest BCUT2D eigenvalue weighted by molar-refractivity contribution is 5.46. The number of hydrogen-bond acceptors (Lipinski definition) is 2. The molecule has 3 heteroatoms. The van der Waals surface area contributed by atoms with Gasteiger partial charge >= 0.3 is 0 Å². The summed E-state index contributed by atoms with van der Waals surface area (Å²) < 4.78 is 10.8. The van der Waals surface area contributed by atoms with Crippen LogP contribution in [0.1, 0.15) is 11.1 Å². The predicted octanol–water partition coefficient (Wildman–Crippen LogP) is 2.01. The van der Waals surface area contributed by atoms with Gasteiger partial charge in [-0.3, -0.25) is 0 Å². The van der Waals surface area contributed by atoms with Crippen LogP contribution < -0.4 is 14.8 Å². The minimum absolute atomic E-state index is 0.793. The summed E-state index contributed by atoms with van der Waals surface area (Å²) in [5.41, 5.74) is 2.54. The number of ether oxygens (including phenoxy) is 2. The molecule has 0 aromatic heterocycles. The Morgan fingerprint density at radius 2 is 1.70 bits per heavy atom. The summed E-state index contributed by atoms with van der Waals surface area (Å²) in [7, 11) is 3.35. The monoisotopic (exact) mass is 272 g/mol. The van der Waals surface area contributed by atoms with Crippen LogP contribution in [-0.2, 0) is 13.0 Å². The zero-order valence-corrected chi connectivity index (χ0v) is 12.1. The van der Waals surface area contributed by atoms with Gasteiger partial charge in [0.1, 0.15) is 6.54 Å². The molecule has 20 heavy (non-hydrogen) atoms. The second-order valence-electron chi connectivity index (χ2n) is 4.67.